The Labute approximate surface area is 201 Å². The minimum Gasteiger partial charge on any atom is -0.366 e. The van der Waals surface area contributed by atoms with Crippen molar-refractivity contribution >= 4 is 32.3 Å². The van der Waals surface area contributed by atoms with E-state index in [9.17, 15) is 22.0 Å². The van der Waals surface area contributed by atoms with Crippen molar-refractivity contribution in [3.05, 3.63) is 111 Å². The first-order valence-corrected chi connectivity index (χ1v) is 12.6. The minimum absolute atomic E-state index is 0.0106. The van der Waals surface area contributed by atoms with Gasteiger partial charge < -0.3 is 5.73 Å². The SMILES string of the molecule is CS(=O)(=O)C(=C1CN([C@H](c2ccc(Cl)cc2)c2ccc(C(N)=O)cc2)C1)c1cc(F)cc(F)c1. The molecule has 1 atom stereocenters. The van der Waals surface area contributed by atoms with E-state index in [1.165, 1.54) is 0 Å². The van der Waals surface area contributed by atoms with Crippen LogP contribution in [0.1, 0.15) is 33.1 Å². The van der Waals surface area contributed by atoms with Gasteiger partial charge in [-0.1, -0.05) is 35.9 Å². The number of halogens is 3. The number of nitrogens with two attached hydrogens (primary N) is 1. The first kappa shape index (κ1) is 24.1. The van der Waals surface area contributed by atoms with Gasteiger partial charge in [-0.05, 0) is 58.7 Å². The third-order valence-corrected chi connectivity index (χ3v) is 7.18. The van der Waals surface area contributed by atoms with Crippen molar-refractivity contribution in [1.29, 1.82) is 0 Å². The molecule has 9 heteroatoms. The van der Waals surface area contributed by atoms with Crippen LogP contribution in [0, 0.1) is 11.6 Å². The summed E-state index contributed by atoms with van der Waals surface area (Å²) in [5, 5.41) is 0.572. The Bertz CT molecular complexity index is 1360. The number of carbonyl (C=O) groups is 1. The Morgan fingerprint density at radius 1 is 0.912 bits per heavy atom. The van der Waals surface area contributed by atoms with Gasteiger partial charge in [0.1, 0.15) is 11.6 Å². The Morgan fingerprint density at radius 3 is 1.88 bits per heavy atom. The molecule has 4 rings (SSSR count). The quantitative estimate of drug-likeness (QED) is 0.535. The number of sulfone groups is 1. The fourth-order valence-electron chi connectivity index (χ4n) is 4.22. The smallest absolute Gasteiger partial charge is 0.248 e. The third kappa shape index (κ3) is 5.04. The third-order valence-electron chi connectivity index (χ3n) is 5.67. The van der Waals surface area contributed by atoms with Crippen LogP contribution in [0.15, 0.2) is 72.3 Å². The fourth-order valence-corrected chi connectivity index (χ4v) is 5.55. The van der Waals surface area contributed by atoms with Crippen LogP contribution in [0.25, 0.3) is 4.91 Å². The summed E-state index contributed by atoms with van der Waals surface area (Å²) in [7, 11) is -3.76. The first-order valence-electron chi connectivity index (χ1n) is 10.3. The Kier molecular flexibility index (Phi) is 6.58. The summed E-state index contributed by atoms with van der Waals surface area (Å²) in [6, 6.07) is 16.6. The summed E-state index contributed by atoms with van der Waals surface area (Å²) in [6.45, 7) is 0.538. The summed E-state index contributed by atoms with van der Waals surface area (Å²) < 4.78 is 52.8. The van der Waals surface area contributed by atoms with E-state index in [1.54, 1.807) is 36.4 Å². The highest BCUT2D eigenvalue weighted by atomic mass is 35.5. The van der Waals surface area contributed by atoms with Gasteiger partial charge in [-0.15, -0.1) is 0 Å². The van der Waals surface area contributed by atoms with E-state index in [4.69, 9.17) is 17.3 Å². The lowest BCUT2D eigenvalue weighted by Gasteiger charge is -2.42. The maximum atomic E-state index is 13.8. The molecule has 0 radical (unpaired) electrons. The Morgan fingerprint density at radius 2 is 1.41 bits per heavy atom. The van der Waals surface area contributed by atoms with E-state index in [0.717, 1.165) is 29.5 Å². The van der Waals surface area contributed by atoms with Gasteiger partial charge >= 0.3 is 0 Å². The van der Waals surface area contributed by atoms with Gasteiger partial charge in [0.15, 0.2) is 9.84 Å². The lowest BCUT2D eigenvalue weighted by atomic mass is 9.91. The van der Waals surface area contributed by atoms with Gasteiger partial charge in [0.25, 0.3) is 0 Å². The molecule has 1 aliphatic rings. The van der Waals surface area contributed by atoms with Crippen molar-refractivity contribution in [2.24, 2.45) is 5.73 Å². The molecule has 0 aromatic heterocycles. The van der Waals surface area contributed by atoms with E-state index in [-0.39, 0.29) is 29.6 Å². The van der Waals surface area contributed by atoms with Crippen LogP contribution in [0.5, 0.6) is 0 Å². The second-order valence-corrected chi connectivity index (χ2v) is 10.6. The molecule has 0 aliphatic carbocycles. The number of hydrogen-bond donors (Lipinski definition) is 1. The molecule has 1 heterocycles. The van der Waals surface area contributed by atoms with E-state index in [0.29, 0.717) is 22.2 Å². The van der Waals surface area contributed by atoms with E-state index in [2.05, 4.69) is 0 Å². The van der Waals surface area contributed by atoms with Gasteiger partial charge in [-0.2, -0.15) is 0 Å². The maximum absolute atomic E-state index is 13.8. The summed E-state index contributed by atoms with van der Waals surface area (Å²) in [4.78, 5) is 13.4. The fraction of sp³-hybridized carbons (Fsp3) is 0.160. The standard InChI is InChI=1S/C25H21ClF2N2O3S/c1-34(32,33)24(18-10-21(27)12-22(28)11-18)19-13-30(14-19)23(16-6-8-20(26)9-7-16)15-2-4-17(5-3-15)25(29)31/h2-12,23H,13-14H2,1H3,(H2,29,31)/t23-/m0/s1. The van der Waals surface area contributed by atoms with Crippen LogP contribution in [-0.2, 0) is 9.84 Å². The second kappa shape index (κ2) is 9.29. The van der Waals surface area contributed by atoms with Crippen molar-refractivity contribution < 1.29 is 22.0 Å². The number of hydrogen-bond acceptors (Lipinski definition) is 4. The van der Waals surface area contributed by atoms with Crippen molar-refractivity contribution in [2.75, 3.05) is 19.3 Å². The normalized spacial score (nSPS) is 15.0. The van der Waals surface area contributed by atoms with E-state index in [1.807, 2.05) is 17.0 Å². The molecule has 2 N–H and O–H groups in total. The number of likely N-dealkylation sites (tertiary alicyclic amines) is 1. The Hall–Kier alpha value is -3.07. The second-order valence-electron chi connectivity index (χ2n) is 8.21. The number of nitrogens with zero attached hydrogens (tertiary/aromatic N) is 1. The zero-order valence-electron chi connectivity index (χ0n) is 18.1. The number of primary amides is 1. The number of rotatable bonds is 6. The van der Waals surface area contributed by atoms with E-state index < -0.39 is 27.4 Å². The molecule has 1 saturated heterocycles. The van der Waals surface area contributed by atoms with Crippen LogP contribution in [0.3, 0.4) is 0 Å². The zero-order valence-corrected chi connectivity index (χ0v) is 19.7. The number of benzene rings is 3. The molecule has 3 aromatic carbocycles. The van der Waals surface area contributed by atoms with Gasteiger partial charge in [-0.3, -0.25) is 9.69 Å². The number of carbonyl (C=O) groups excluding carboxylic acids is 1. The molecule has 0 unspecified atom stereocenters. The molecule has 0 bridgehead atoms. The minimum atomic E-state index is -3.76. The molecule has 0 spiro atoms. The van der Waals surface area contributed by atoms with Gasteiger partial charge in [0, 0.05) is 36.0 Å². The van der Waals surface area contributed by atoms with Crippen molar-refractivity contribution in [2.45, 2.75) is 6.04 Å². The van der Waals surface area contributed by atoms with Crippen molar-refractivity contribution in [3.63, 3.8) is 0 Å². The summed E-state index contributed by atoms with van der Waals surface area (Å²) in [6.07, 6.45) is 1.03. The highest BCUT2D eigenvalue weighted by Crippen LogP contribution is 2.38. The van der Waals surface area contributed by atoms with Gasteiger partial charge in [-0.25, -0.2) is 17.2 Å². The highest BCUT2D eigenvalue weighted by Gasteiger charge is 2.35. The molecule has 5 nitrogen and oxygen atoms in total. The molecule has 176 valence electrons. The predicted molar refractivity (Wildman–Crippen MR) is 128 cm³/mol. The average molecular weight is 503 g/mol. The van der Waals surface area contributed by atoms with Gasteiger partial charge in [0.2, 0.25) is 5.91 Å². The summed E-state index contributed by atoms with van der Waals surface area (Å²) in [5.41, 5.74) is 8.04. The number of amides is 1. The Balaban J connectivity index is 1.74. The van der Waals surface area contributed by atoms with Crippen LogP contribution in [0.4, 0.5) is 8.78 Å². The zero-order chi connectivity index (χ0) is 24.6. The molecule has 1 amide bonds. The topological polar surface area (TPSA) is 80.5 Å². The molecular weight excluding hydrogens is 482 g/mol. The lowest BCUT2D eigenvalue weighted by Crippen LogP contribution is -2.44. The van der Waals surface area contributed by atoms with Crippen LogP contribution in [0.2, 0.25) is 5.02 Å². The predicted octanol–water partition coefficient (Wildman–Crippen LogP) is 4.58. The summed E-state index contributed by atoms with van der Waals surface area (Å²) in [5.74, 6) is -2.23. The van der Waals surface area contributed by atoms with Gasteiger partial charge in [0.05, 0.1) is 10.9 Å². The molecule has 3 aromatic rings. The van der Waals surface area contributed by atoms with Crippen molar-refractivity contribution in [3.8, 4) is 0 Å². The van der Waals surface area contributed by atoms with Crippen molar-refractivity contribution in [1.82, 2.24) is 4.90 Å². The lowest BCUT2D eigenvalue weighted by molar-refractivity contribution is 0.1000. The van der Waals surface area contributed by atoms with Crippen LogP contribution in [-0.4, -0.2) is 38.6 Å². The van der Waals surface area contributed by atoms with Crippen LogP contribution >= 0.6 is 11.6 Å². The van der Waals surface area contributed by atoms with Crippen LogP contribution < -0.4 is 5.73 Å². The maximum Gasteiger partial charge on any atom is 0.248 e. The highest BCUT2D eigenvalue weighted by molar-refractivity contribution is 8.00. The molecule has 0 saturated carbocycles. The summed E-state index contributed by atoms with van der Waals surface area (Å²) >= 11 is 6.05. The average Bonchev–Trinajstić information content (AvgIpc) is 2.72. The largest absolute Gasteiger partial charge is 0.366 e. The first-order chi connectivity index (χ1) is 16.0. The monoisotopic (exact) mass is 502 g/mol. The molecular formula is C25H21ClF2N2O3S. The molecule has 1 fully saturated rings. The molecule has 1 aliphatic heterocycles. The van der Waals surface area contributed by atoms with E-state index >= 15 is 0 Å². The molecule has 34 heavy (non-hydrogen) atoms.